The van der Waals surface area contributed by atoms with Gasteiger partial charge in [-0.1, -0.05) is 6.92 Å². The quantitative estimate of drug-likeness (QED) is 0.628. The largest absolute Gasteiger partial charge is 0.324 e. The molecule has 0 aromatic heterocycles. The summed E-state index contributed by atoms with van der Waals surface area (Å²) in [4.78, 5) is 0. The molecule has 0 unspecified atom stereocenters. The SMILES string of the molecule is CNCC1(N)CCC(C)CC1. The summed E-state index contributed by atoms with van der Waals surface area (Å²) in [6.07, 6.45) is 4.99. The molecule has 0 heterocycles. The molecule has 0 radical (unpaired) electrons. The van der Waals surface area contributed by atoms with E-state index in [0.717, 1.165) is 12.5 Å². The average Bonchev–Trinajstić information content (AvgIpc) is 1.97. The topological polar surface area (TPSA) is 38.0 Å². The second-order valence-electron chi connectivity index (χ2n) is 4.08. The molecule has 0 aliphatic heterocycles. The highest BCUT2D eigenvalue weighted by atomic mass is 14.9. The number of hydrogen-bond donors (Lipinski definition) is 2. The lowest BCUT2D eigenvalue weighted by Gasteiger charge is -2.35. The van der Waals surface area contributed by atoms with Crippen molar-refractivity contribution in [2.45, 2.75) is 38.1 Å². The van der Waals surface area contributed by atoms with Gasteiger partial charge in [0.2, 0.25) is 0 Å². The van der Waals surface area contributed by atoms with E-state index < -0.39 is 0 Å². The van der Waals surface area contributed by atoms with E-state index in [0.29, 0.717) is 0 Å². The Morgan fingerprint density at radius 1 is 1.45 bits per heavy atom. The van der Waals surface area contributed by atoms with Crippen LogP contribution in [0.15, 0.2) is 0 Å². The summed E-state index contributed by atoms with van der Waals surface area (Å²) >= 11 is 0. The van der Waals surface area contributed by atoms with Gasteiger partial charge in [0.1, 0.15) is 0 Å². The smallest absolute Gasteiger partial charge is 0.0280 e. The van der Waals surface area contributed by atoms with Gasteiger partial charge in [0.05, 0.1) is 0 Å². The van der Waals surface area contributed by atoms with E-state index >= 15 is 0 Å². The molecule has 2 nitrogen and oxygen atoms in total. The molecule has 0 amide bonds. The summed E-state index contributed by atoms with van der Waals surface area (Å²) in [5.41, 5.74) is 6.27. The van der Waals surface area contributed by atoms with Crippen LogP contribution >= 0.6 is 0 Å². The third-order valence-corrected chi connectivity index (χ3v) is 2.80. The first-order chi connectivity index (χ1) is 5.16. The predicted molar refractivity (Wildman–Crippen MR) is 48.5 cm³/mol. The first kappa shape index (κ1) is 9.01. The maximum absolute atomic E-state index is 6.17. The number of hydrogen-bond acceptors (Lipinski definition) is 2. The van der Waals surface area contributed by atoms with Gasteiger partial charge in [-0.2, -0.15) is 0 Å². The summed E-state index contributed by atoms with van der Waals surface area (Å²) in [6, 6.07) is 0. The second kappa shape index (κ2) is 3.55. The van der Waals surface area contributed by atoms with Gasteiger partial charge in [-0.05, 0) is 38.6 Å². The van der Waals surface area contributed by atoms with Gasteiger partial charge in [0.15, 0.2) is 0 Å². The fraction of sp³-hybridized carbons (Fsp3) is 1.00. The van der Waals surface area contributed by atoms with E-state index in [2.05, 4.69) is 12.2 Å². The van der Waals surface area contributed by atoms with Gasteiger partial charge in [0.25, 0.3) is 0 Å². The molecule has 1 fully saturated rings. The van der Waals surface area contributed by atoms with Gasteiger partial charge >= 0.3 is 0 Å². The van der Waals surface area contributed by atoms with Crippen molar-refractivity contribution in [1.29, 1.82) is 0 Å². The lowest BCUT2D eigenvalue weighted by atomic mass is 9.78. The van der Waals surface area contributed by atoms with Crippen molar-refractivity contribution >= 4 is 0 Å². The van der Waals surface area contributed by atoms with Gasteiger partial charge < -0.3 is 11.1 Å². The Hall–Kier alpha value is -0.0800. The summed E-state index contributed by atoms with van der Waals surface area (Å²) < 4.78 is 0. The zero-order valence-corrected chi connectivity index (χ0v) is 7.69. The van der Waals surface area contributed by atoms with Crippen molar-refractivity contribution in [3.05, 3.63) is 0 Å². The molecule has 0 atom stereocenters. The van der Waals surface area contributed by atoms with Crippen molar-refractivity contribution in [2.24, 2.45) is 11.7 Å². The number of nitrogens with one attached hydrogen (secondary N) is 1. The second-order valence-corrected chi connectivity index (χ2v) is 4.08. The minimum absolute atomic E-state index is 0.0985. The molecule has 1 saturated carbocycles. The molecule has 1 aliphatic carbocycles. The maximum Gasteiger partial charge on any atom is 0.0280 e. The molecular weight excluding hydrogens is 136 g/mol. The fourth-order valence-corrected chi connectivity index (χ4v) is 1.87. The van der Waals surface area contributed by atoms with Crippen LogP contribution in [0.25, 0.3) is 0 Å². The molecular formula is C9H20N2. The molecule has 3 N–H and O–H groups in total. The number of rotatable bonds is 2. The van der Waals surface area contributed by atoms with E-state index in [1.807, 2.05) is 7.05 Å². The van der Waals surface area contributed by atoms with Crippen molar-refractivity contribution in [1.82, 2.24) is 5.32 Å². The van der Waals surface area contributed by atoms with Crippen molar-refractivity contribution in [3.8, 4) is 0 Å². The molecule has 0 bridgehead atoms. The molecule has 66 valence electrons. The molecule has 11 heavy (non-hydrogen) atoms. The van der Waals surface area contributed by atoms with E-state index in [9.17, 15) is 0 Å². The normalized spacial score (nSPS) is 39.0. The zero-order valence-electron chi connectivity index (χ0n) is 7.69. The Labute approximate surface area is 69.5 Å². The lowest BCUT2D eigenvalue weighted by molar-refractivity contribution is 0.241. The van der Waals surface area contributed by atoms with E-state index in [1.54, 1.807) is 0 Å². The van der Waals surface area contributed by atoms with Crippen LogP contribution in [0.2, 0.25) is 0 Å². The highest BCUT2D eigenvalue weighted by molar-refractivity contribution is 4.90. The summed E-state index contributed by atoms with van der Waals surface area (Å²) in [5, 5.41) is 3.17. The molecule has 0 aromatic carbocycles. The van der Waals surface area contributed by atoms with Crippen LogP contribution in [-0.4, -0.2) is 19.1 Å². The Morgan fingerprint density at radius 2 is 2.00 bits per heavy atom. The first-order valence-corrected chi connectivity index (χ1v) is 4.60. The van der Waals surface area contributed by atoms with Crippen molar-refractivity contribution in [3.63, 3.8) is 0 Å². The Kier molecular flexibility index (Phi) is 2.90. The van der Waals surface area contributed by atoms with Crippen LogP contribution in [-0.2, 0) is 0 Å². The highest BCUT2D eigenvalue weighted by Crippen LogP contribution is 2.29. The summed E-state index contributed by atoms with van der Waals surface area (Å²) in [6.45, 7) is 3.29. The average molecular weight is 156 g/mol. The van der Waals surface area contributed by atoms with Crippen LogP contribution in [0, 0.1) is 5.92 Å². The highest BCUT2D eigenvalue weighted by Gasteiger charge is 2.28. The summed E-state index contributed by atoms with van der Waals surface area (Å²) in [5.74, 6) is 0.892. The fourth-order valence-electron chi connectivity index (χ4n) is 1.87. The van der Waals surface area contributed by atoms with Crippen LogP contribution in [0.5, 0.6) is 0 Å². The lowest BCUT2D eigenvalue weighted by Crippen LogP contribution is -2.50. The summed E-state index contributed by atoms with van der Waals surface area (Å²) in [7, 11) is 1.98. The molecule has 0 aromatic rings. The van der Waals surface area contributed by atoms with Gasteiger partial charge in [0, 0.05) is 12.1 Å². The molecule has 1 aliphatic rings. The van der Waals surface area contributed by atoms with Crippen molar-refractivity contribution < 1.29 is 0 Å². The van der Waals surface area contributed by atoms with Gasteiger partial charge in [-0.15, -0.1) is 0 Å². The van der Waals surface area contributed by atoms with E-state index in [1.165, 1.54) is 25.7 Å². The minimum Gasteiger partial charge on any atom is -0.324 e. The molecule has 2 heteroatoms. The van der Waals surface area contributed by atoms with Crippen LogP contribution < -0.4 is 11.1 Å². The standard InChI is InChI=1S/C9H20N2/c1-8-3-5-9(10,6-4-8)7-11-2/h8,11H,3-7,10H2,1-2H3. The maximum atomic E-state index is 6.17. The Morgan fingerprint density at radius 3 is 2.45 bits per heavy atom. The number of likely N-dealkylation sites (N-methyl/N-ethyl adjacent to an activating group) is 1. The first-order valence-electron chi connectivity index (χ1n) is 4.60. The molecule has 1 rings (SSSR count). The van der Waals surface area contributed by atoms with Crippen LogP contribution in [0.1, 0.15) is 32.6 Å². The Balaban J connectivity index is 2.35. The molecule has 0 spiro atoms. The number of nitrogens with two attached hydrogens (primary N) is 1. The Bertz CT molecular complexity index is 115. The minimum atomic E-state index is 0.0985. The van der Waals surface area contributed by atoms with E-state index in [-0.39, 0.29) is 5.54 Å². The van der Waals surface area contributed by atoms with Crippen molar-refractivity contribution in [2.75, 3.05) is 13.6 Å². The zero-order chi connectivity index (χ0) is 8.32. The van der Waals surface area contributed by atoms with Crippen LogP contribution in [0.4, 0.5) is 0 Å². The monoisotopic (exact) mass is 156 g/mol. The predicted octanol–water partition coefficient (Wildman–Crippen LogP) is 1.11. The van der Waals surface area contributed by atoms with Gasteiger partial charge in [-0.25, -0.2) is 0 Å². The van der Waals surface area contributed by atoms with Crippen LogP contribution in [0.3, 0.4) is 0 Å². The van der Waals surface area contributed by atoms with E-state index in [4.69, 9.17) is 5.73 Å². The third-order valence-electron chi connectivity index (χ3n) is 2.80. The molecule has 0 saturated heterocycles. The van der Waals surface area contributed by atoms with Gasteiger partial charge in [-0.3, -0.25) is 0 Å². The third kappa shape index (κ3) is 2.46.